The molecule has 0 radical (unpaired) electrons. The number of likely N-dealkylation sites (tertiary alicyclic amines) is 1. The molecule has 1 aromatic heterocycles. The summed E-state index contributed by atoms with van der Waals surface area (Å²) >= 11 is 0. The normalized spacial score (nSPS) is 17.5. The van der Waals surface area contributed by atoms with Crippen LogP contribution in [0.4, 0.5) is 0 Å². The van der Waals surface area contributed by atoms with E-state index in [0.717, 1.165) is 0 Å². The van der Waals surface area contributed by atoms with Gasteiger partial charge in [-0.15, -0.1) is 0 Å². The summed E-state index contributed by atoms with van der Waals surface area (Å²) < 4.78 is 2.10. The van der Waals surface area contributed by atoms with E-state index in [0.29, 0.717) is 12.1 Å². The molecule has 0 spiro atoms. The van der Waals surface area contributed by atoms with Crippen molar-refractivity contribution in [3.05, 3.63) is 42.1 Å². The molecule has 0 amide bonds. The number of rotatable bonds is 4. The van der Waals surface area contributed by atoms with Gasteiger partial charge in [0.2, 0.25) is 0 Å². The van der Waals surface area contributed by atoms with E-state index in [9.17, 15) is 0 Å². The Balaban J connectivity index is 1.90. The fourth-order valence-electron chi connectivity index (χ4n) is 3.25. The second-order valence-corrected chi connectivity index (χ2v) is 6.30. The minimum Gasteiger partial charge on any atom is -0.297 e. The molecule has 1 atom stereocenters. The van der Waals surface area contributed by atoms with E-state index in [4.69, 9.17) is 0 Å². The first-order valence-electron chi connectivity index (χ1n) is 8.04. The van der Waals surface area contributed by atoms with Crippen molar-refractivity contribution >= 4 is 0 Å². The predicted molar refractivity (Wildman–Crippen MR) is 87.3 cm³/mol. The van der Waals surface area contributed by atoms with Gasteiger partial charge in [-0.1, -0.05) is 18.2 Å². The Labute approximate surface area is 127 Å². The fourth-order valence-corrected chi connectivity index (χ4v) is 3.25. The van der Waals surface area contributed by atoms with Crippen molar-refractivity contribution < 1.29 is 0 Å². The molecule has 1 aliphatic heterocycles. The first kappa shape index (κ1) is 14.3. The SMILES string of the molecule is CC(c1cccc(-c2ccnn2C(C)C)c1)N1CCCC1. The van der Waals surface area contributed by atoms with Crippen LogP contribution in [0.3, 0.4) is 0 Å². The van der Waals surface area contributed by atoms with Crippen LogP contribution in [0, 0.1) is 0 Å². The second-order valence-electron chi connectivity index (χ2n) is 6.30. The van der Waals surface area contributed by atoms with Gasteiger partial charge >= 0.3 is 0 Å². The van der Waals surface area contributed by atoms with Crippen LogP contribution < -0.4 is 0 Å². The summed E-state index contributed by atoms with van der Waals surface area (Å²) in [7, 11) is 0. The lowest BCUT2D eigenvalue weighted by Crippen LogP contribution is -2.23. The summed E-state index contributed by atoms with van der Waals surface area (Å²) in [6.45, 7) is 9.13. The highest BCUT2D eigenvalue weighted by molar-refractivity contribution is 5.60. The lowest BCUT2D eigenvalue weighted by molar-refractivity contribution is 0.263. The molecular formula is C18H25N3. The van der Waals surface area contributed by atoms with Gasteiger partial charge in [-0.2, -0.15) is 5.10 Å². The summed E-state index contributed by atoms with van der Waals surface area (Å²) in [5.41, 5.74) is 3.89. The topological polar surface area (TPSA) is 21.1 Å². The zero-order valence-electron chi connectivity index (χ0n) is 13.3. The number of aromatic nitrogens is 2. The van der Waals surface area contributed by atoms with Crippen LogP contribution in [0.2, 0.25) is 0 Å². The van der Waals surface area contributed by atoms with E-state index in [1.165, 1.54) is 42.8 Å². The number of benzene rings is 1. The molecule has 0 saturated carbocycles. The van der Waals surface area contributed by atoms with E-state index in [2.05, 4.69) is 65.8 Å². The molecule has 112 valence electrons. The molecule has 1 saturated heterocycles. The Morgan fingerprint density at radius 3 is 2.52 bits per heavy atom. The summed E-state index contributed by atoms with van der Waals surface area (Å²) in [5, 5.41) is 4.45. The molecule has 3 nitrogen and oxygen atoms in total. The van der Waals surface area contributed by atoms with Crippen molar-refractivity contribution in [1.82, 2.24) is 14.7 Å². The lowest BCUT2D eigenvalue weighted by Gasteiger charge is -2.24. The van der Waals surface area contributed by atoms with E-state index in [1.807, 2.05) is 6.20 Å². The van der Waals surface area contributed by atoms with Gasteiger partial charge in [-0.25, -0.2) is 0 Å². The molecule has 1 fully saturated rings. The summed E-state index contributed by atoms with van der Waals surface area (Å²) in [6.07, 6.45) is 4.57. The Bertz CT molecular complexity index is 594. The Morgan fingerprint density at radius 2 is 1.81 bits per heavy atom. The number of hydrogen-bond acceptors (Lipinski definition) is 2. The van der Waals surface area contributed by atoms with Gasteiger partial charge in [0.05, 0.1) is 5.69 Å². The lowest BCUT2D eigenvalue weighted by atomic mass is 10.0. The van der Waals surface area contributed by atoms with Crippen LogP contribution in [-0.4, -0.2) is 27.8 Å². The molecule has 0 bridgehead atoms. The Kier molecular flexibility index (Phi) is 4.11. The molecule has 0 aliphatic carbocycles. The zero-order chi connectivity index (χ0) is 14.8. The highest BCUT2D eigenvalue weighted by Crippen LogP contribution is 2.29. The Hall–Kier alpha value is -1.61. The molecule has 3 heteroatoms. The summed E-state index contributed by atoms with van der Waals surface area (Å²) in [5.74, 6) is 0. The third-order valence-electron chi connectivity index (χ3n) is 4.51. The van der Waals surface area contributed by atoms with Gasteiger partial charge in [0.1, 0.15) is 0 Å². The smallest absolute Gasteiger partial charge is 0.0685 e. The van der Waals surface area contributed by atoms with Gasteiger partial charge < -0.3 is 0 Å². The average molecular weight is 283 g/mol. The van der Waals surface area contributed by atoms with Crippen molar-refractivity contribution in [2.75, 3.05) is 13.1 Å². The maximum Gasteiger partial charge on any atom is 0.0685 e. The van der Waals surface area contributed by atoms with E-state index >= 15 is 0 Å². The zero-order valence-corrected chi connectivity index (χ0v) is 13.3. The molecule has 1 aromatic carbocycles. The van der Waals surface area contributed by atoms with E-state index in [1.54, 1.807) is 0 Å². The predicted octanol–water partition coefficient (Wildman–Crippen LogP) is 4.29. The van der Waals surface area contributed by atoms with Gasteiger partial charge in [0.25, 0.3) is 0 Å². The van der Waals surface area contributed by atoms with Gasteiger partial charge in [-0.05, 0) is 64.4 Å². The second kappa shape index (κ2) is 6.02. The van der Waals surface area contributed by atoms with Crippen molar-refractivity contribution in [1.29, 1.82) is 0 Å². The molecule has 21 heavy (non-hydrogen) atoms. The molecular weight excluding hydrogens is 258 g/mol. The molecule has 0 N–H and O–H groups in total. The third kappa shape index (κ3) is 2.88. The maximum absolute atomic E-state index is 4.45. The van der Waals surface area contributed by atoms with E-state index < -0.39 is 0 Å². The maximum atomic E-state index is 4.45. The molecule has 3 rings (SSSR count). The van der Waals surface area contributed by atoms with Crippen molar-refractivity contribution in [2.24, 2.45) is 0 Å². The minimum absolute atomic E-state index is 0.384. The van der Waals surface area contributed by atoms with E-state index in [-0.39, 0.29) is 0 Å². The highest BCUT2D eigenvalue weighted by atomic mass is 15.3. The van der Waals surface area contributed by atoms with Crippen LogP contribution in [0.1, 0.15) is 51.3 Å². The average Bonchev–Trinajstić information content (AvgIpc) is 3.17. The number of nitrogens with zero attached hydrogens (tertiary/aromatic N) is 3. The van der Waals surface area contributed by atoms with Crippen LogP contribution >= 0.6 is 0 Å². The minimum atomic E-state index is 0.384. The molecule has 2 aromatic rings. The fraction of sp³-hybridized carbons (Fsp3) is 0.500. The summed E-state index contributed by atoms with van der Waals surface area (Å²) in [6, 6.07) is 11.9. The van der Waals surface area contributed by atoms with Gasteiger partial charge in [-0.3, -0.25) is 9.58 Å². The monoisotopic (exact) mass is 283 g/mol. The van der Waals surface area contributed by atoms with Crippen LogP contribution in [0.15, 0.2) is 36.5 Å². The first-order valence-corrected chi connectivity index (χ1v) is 8.04. The largest absolute Gasteiger partial charge is 0.297 e. The molecule has 2 heterocycles. The number of hydrogen-bond donors (Lipinski definition) is 0. The quantitative estimate of drug-likeness (QED) is 0.834. The molecule has 1 aliphatic rings. The van der Waals surface area contributed by atoms with Crippen LogP contribution in [0.25, 0.3) is 11.3 Å². The van der Waals surface area contributed by atoms with Gasteiger partial charge in [0, 0.05) is 23.8 Å². The Morgan fingerprint density at radius 1 is 1.05 bits per heavy atom. The van der Waals surface area contributed by atoms with Gasteiger partial charge in [0.15, 0.2) is 0 Å². The van der Waals surface area contributed by atoms with Crippen LogP contribution in [-0.2, 0) is 0 Å². The molecule has 1 unspecified atom stereocenters. The van der Waals surface area contributed by atoms with Crippen molar-refractivity contribution in [3.63, 3.8) is 0 Å². The van der Waals surface area contributed by atoms with Crippen molar-refractivity contribution in [3.8, 4) is 11.3 Å². The highest BCUT2D eigenvalue weighted by Gasteiger charge is 2.20. The summed E-state index contributed by atoms with van der Waals surface area (Å²) in [4.78, 5) is 2.58. The standard InChI is InChI=1S/C18H25N3/c1-14(2)21-18(9-10-19-21)17-8-6-7-16(13-17)15(3)20-11-4-5-12-20/h6-10,13-15H,4-5,11-12H2,1-3H3. The first-order chi connectivity index (χ1) is 10.2. The van der Waals surface area contributed by atoms with Crippen LogP contribution in [0.5, 0.6) is 0 Å². The van der Waals surface area contributed by atoms with Crippen molar-refractivity contribution in [2.45, 2.75) is 45.7 Å². The third-order valence-corrected chi connectivity index (χ3v) is 4.51.